The molecular formula is C18H34O6. The Morgan fingerprint density at radius 2 is 1.46 bits per heavy atom. The molecule has 1 aliphatic heterocycles. The third kappa shape index (κ3) is 7.59. The second-order valence-electron chi connectivity index (χ2n) is 6.47. The van der Waals surface area contributed by atoms with Crippen LogP contribution in [0.1, 0.15) is 57.8 Å². The Morgan fingerprint density at radius 3 is 2.04 bits per heavy atom. The molecule has 24 heavy (non-hydrogen) atoms. The average molecular weight is 346 g/mol. The molecule has 1 saturated heterocycles. The zero-order chi connectivity index (χ0) is 17.8. The van der Waals surface area contributed by atoms with E-state index in [4.69, 9.17) is 14.6 Å². The Labute approximate surface area is 145 Å². The fourth-order valence-electron chi connectivity index (χ4n) is 2.93. The minimum absolute atomic E-state index is 0.406. The summed E-state index contributed by atoms with van der Waals surface area (Å²) < 4.78 is 10.4. The summed E-state index contributed by atoms with van der Waals surface area (Å²) in [5.74, 6) is 0. The number of ether oxygens (including phenoxy) is 2. The van der Waals surface area contributed by atoms with Crippen molar-refractivity contribution in [2.75, 3.05) is 13.2 Å². The van der Waals surface area contributed by atoms with Gasteiger partial charge in [0.2, 0.25) is 0 Å². The van der Waals surface area contributed by atoms with Crippen molar-refractivity contribution in [1.29, 1.82) is 0 Å². The van der Waals surface area contributed by atoms with Gasteiger partial charge in [0.1, 0.15) is 24.4 Å². The highest BCUT2D eigenvalue weighted by atomic mass is 16.6. The van der Waals surface area contributed by atoms with Crippen molar-refractivity contribution in [2.45, 2.75) is 88.5 Å². The highest BCUT2D eigenvalue weighted by molar-refractivity contribution is 4.89. The molecule has 0 bridgehead atoms. The minimum atomic E-state index is -1.45. The van der Waals surface area contributed by atoms with Crippen LogP contribution in [0.15, 0.2) is 12.7 Å². The predicted octanol–water partition coefficient (Wildman–Crippen LogP) is 1.50. The van der Waals surface area contributed by atoms with Crippen LogP contribution in [0.3, 0.4) is 0 Å². The molecule has 1 rings (SSSR count). The van der Waals surface area contributed by atoms with E-state index in [-0.39, 0.29) is 0 Å². The maximum Gasteiger partial charge on any atom is 0.184 e. The first-order valence-electron chi connectivity index (χ1n) is 9.14. The lowest BCUT2D eigenvalue weighted by Gasteiger charge is -2.39. The van der Waals surface area contributed by atoms with Crippen molar-refractivity contribution >= 4 is 0 Å². The van der Waals surface area contributed by atoms with Gasteiger partial charge in [-0.2, -0.15) is 0 Å². The zero-order valence-electron chi connectivity index (χ0n) is 14.6. The molecule has 0 amide bonds. The molecule has 4 N–H and O–H groups in total. The van der Waals surface area contributed by atoms with Crippen molar-refractivity contribution in [3.8, 4) is 0 Å². The summed E-state index contributed by atoms with van der Waals surface area (Å²) in [4.78, 5) is 0. The molecule has 0 radical (unpaired) electrons. The fraction of sp³-hybridized carbons (Fsp3) is 0.889. The van der Waals surface area contributed by atoms with Gasteiger partial charge in [0.25, 0.3) is 0 Å². The predicted molar refractivity (Wildman–Crippen MR) is 91.5 cm³/mol. The first-order chi connectivity index (χ1) is 11.6. The second-order valence-corrected chi connectivity index (χ2v) is 6.47. The Balaban J connectivity index is 2.06. The summed E-state index contributed by atoms with van der Waals surface area (Å²) in [5.41, 5.74) is 0. The van der Waals surface area contributed by atoms with Crippen molar-refractivity contribution in [3.05, 3.63) is 12.7 Å². The SMILES string of the molecule is C=CCCCCCCCCCCO[C@H]1[C@H](O)[C@@H](CO)OC(O)[C@@H]1O. The maximum atomic E-state index is 9.99. The van der Waals surface area contributed by atoms with Crippen LogP contribution < -0.4 is 0 Å². The Bertz CT molecular complexity index is 325. The summed E-state index contributed by atoms with van der Waals surface area (Å²) >= 11 is 0. The molecule has 0 aromatic carbocycles. The van der Waals surface area contributed by atoms with Crippen LogP contribution in [0.2, 0.25) is 0 Å². The van der Waals surface area contributed by atoms with Gasteiger partial charge >= 0.3 is 0 Å². The smallest absolute Gasteiger partial charge is 0.184 e. The molecule has 142 valence electrons. The number of aliphatic hydroxyl groups excluding tert-OH is 4. The number of hydrogen-bond acceptors (Lipinski definition) is 6. The molecule has 0 aromatic rings. The van der Waals surface area contributed by atoms with Gasteiger partial charge in [0.15, 0.2) is 6.29 Å². The van der Waals surface area contributed by atoms with Crippen LogP contribution in [0, 0.1) is 0 Å². The van der Waals surface area contributed by atoms with E-state index in [1.807, 2.05) is 6.08 Å². The van der Waals surface area contributed by atoms with Gasteiger partial charge < -0.3 is 29.9 Å². The van der Waals surface area contributed by atoms with Crippen LogP contribution in [0.5, 0.6) is 0 Å². The minimum Gasteiger partial charge on any atom is -0.394 e. The van der Waals surface area contributed by atoms with Gasteiger partial charge in [-0.25, -0.2) is 0 Å². The molecule has 1 unspecified atom stereocenters. The van der Waals surface area contributed by atoms with E-state index >= 15 is 0 Å². The Kier molecular flexibility index (Phi) is 11.5. The lowest BCUT2D eigenvalue weighted by molar-refractivity contribution is -0.294. The number of allylic oxidation sites excluding steroid dienone is 1. The van der Waals surface area contributed by atoms with Crippen LogP contribution in [-0.2, 0) is 9.47 Å². The van der Waals surface area contributed by atoms with Crippen molar-refractivity contribution in [1.82, 2.24) is 0 Å². The van der Waals surface area contributed by atoms with Crippen molar-refractivity contribution < 1.29 is 29.9 Å². The molecule has 5 atom stereocenters. The van der Waals surface area contributed by atoms with Crippen LogP contribution in [0.25, 0.3) is 0 Å². The van der Waals surface area contributed by atoms with E-state index in [0.717, 1.165) is 25.7 Å². The summed E-state index contributed by atoms with van der Waals surface area (Å²) in [6.45, 7) is 3.69. The maximum absolute atomic E-state index is 9.99. The van der Waals surface area contributed by atoms with Gasteiger partial charge in [0, 0.05) is 6.61 Å². The van der Waals surface area contributed by atoms with Crippen LogP contribution in [-0.4, -0.2) is 64.3 Å². The third-order valence-electron chi connectivity index (χ3n) is 4.45. The van der Waals surface area contributed by atoms with E-state index in [0.29, 0.717) is 6.61 Å². The van der Waals surface area contributed by atoms with E-state index in [9.17, 15) is 15.3 Å². The van der Waals surface area contributed by atoms with Crippen molar-refractivity contribution in [2.24, 2.45) is 0 Å². The molecule has 6 heteroatoms. The largest absolute Gasteiger partial charge is 0.394 e. The fourth-order valence-corrected chi connectivity index (χ4v) is 2.93. The third-order valence-corrected chi connectivity index (χ3v) is 4.45. The average Bonchev–Trinajstić information content (AvgIpc) is 2.58. The highest BCUT2D eigenvalue weighted by Gasteiger charge is 2.44. The monoisotopic (exact) mass is 346 g/mol. The van der Waals surface area contributed by atoms with E-state index < -0.39 is 37.3 Å². The zero-order valence-corrected chi connectivity index (χ0v) is 14.6. The summed E-state index contributed by atoms with van der Waals surface area (Å²) in [7, 11) is 0. The Hall–Kier alpha value is -0.500. The van der Waals surface area contributed by atoms with E-state index in [1.165, 1.54) is 32.1 Å². The van der Waals surface area contributed by atoms with Gasteiger partial charge in [-0.3, -0.25) is 0 Å². The molecule has 0 aromatic heterocycles. The summed E-state index contributed by atoms with van der Waals surface area (Å²) in [6.07, 6.45) is 6.54. The molecule has 0 spiro atoms. The van der Waals surface area contributed by atoms with E-state index in [1.54, 1.807) is 0 Å². The quantitative estimate of drug-likeness (QED) is 0.298. The lowest BCUT2D eigenvalue weighted by atomic mass is 9.99. The molecular weight excluding hydrogens is 312 g/mol. The topological polar surface area (TPSA) is 99.4 Å². The second kappa shape index (κ2) is 12.8. The van der Waals surface area contributed by atoms with Crippen molar-refractivity contribution in [3.63, 3.8) is 0 Å². The summed E-state index contributed by atoms with van der Waals surface area (Å²) in [6, 6.07) is 0. The molecule has 1 fully saturated rings. The Morgan fingerprint density at radius 1 is 0.875 bits per heavy atom. The van der Waals surface area contributed by atoms with Crippen LogP contribution >= 0.6 is 0 Å². The molecule has 1 aliphatic rings. The first kappa shape index (κ1) is 21.5. The van der Waals surface area contributed by atoms with Gasteiger partial charge in [0.05, 0.1) is 6.61 Å². The molecule has 0 saturated carbocycles. The molecule has 0 aliphatic carbocycles. The van der Waals surface area contributed by atoms with Crippen LogP contribution in [0.4, 0.5) is 0 Å². The molecule has 6 nitrogen and oxygen atoms in total. The number of unbranched alkanes of at least 4 members (excludes halogenated alkanes) is 8. The lowest BCUT2D eigenvalue weighted by Crippen LogP contribution is -2.59. The first-order valence-corrected chi connectivity index (χ1v) is 9.14. The van der Waals surface area contributed by atoms with Gasteiger partial charge in [-0.05, 0) is 19.3 Å². The van der Waals surface area contributed by atoms with Gasteiger partial charge in [-0.15, -0.1) is 6.58 Å². The number of aliphatic hydroxyl groups is 4. The number of hydrogen-bond donors (Lipinski definition) is 4. The standard InChI is InChI=1S/C18H34O6/c1-2-3-4-5-6-7-8-9-10-11-12-23-17-15(20)14(13-19)24-18(22)16(17)21/h2,14-22H,1,3-13H2/t14-,15-,16-,17+,18?/m1/s1. The normalized spacial score (nSPS) is 30.4. The molecule has 1 heterocycles. The summed E-state index contributed by atoms with van der Waals surface area (Å²) in [5, 5.41) is 38.5. The number of rotatable bonds is 13. The van der Waals surface area contributed by atoms with Gasteiger partial charge in [-0.1, -0.05) is 44.6 Å². The highest BCUT2D eigenvalue weighted by Crippen LogP contribution is 2.22. The van der Waals surface area contributed by atoms with E-state index in [2.05, 4.69) is 6.58 Å².